The normalized spacial score (nSPS) is 10.8. The lowest BCUT2D eigenvalue weighted by atomic mass is 9.94. The van der Waals surface area contributed by atoms with Gasteiger partial charge in [-0.2, -0.15) is 14.6 Å². The second-order valence-corrected chi connectivity index (χ2v) is 8.41. The first-order valence-corrected chi connectivity index (χ1v) is 11.8. The maximum Gasteiger partial charge on any atom is 0.254 e. The van der Waals surface area contributed by atoms with E-state index in [1.54, 1.807) is 12.3 Å². The fourth-order valence-electron chi connectivity index (χ4n) is 4.24. The Balaban J connectivity index is 1.27. The van der Waals surface area contributed by atoms with Crippen LogP contribution in [0.15, 0.2) is 104 Å². The third-order valence-corrected chi connectivity index (χ3v) is 6.02. The number of nitrogen functional groups attached to an aromatic ring is 1. The lowest BCUT2D eigenvalue weighted by molar-refractivity contribution is 0.954. The number of rotatable bonds is 5. The highest BCUT2D eigenvalue weighted by atomic mass is 15.3. The third-order valence-electron chi connectivity index (χ3n) is 6.02. The zero-order chi connectivity index (χ0) is 25.9. The van der Waals surface area contributed by atoms with Crippen LogP contribution < -0.4 is 16.4 Å². The van der Waals surface area contributed by atoms with Crippen LogP contribution in [0.25, 0.3) is 39.3 Å². The molecule has 0 saturated heterocycles. The van der Waals surface area contributed by atoms with Crippen LogP contribution in [0, 0.1) is 5.41 Å². The van der Waals surface area contributed by atoms with Gasteiger partial charge in [-0.05, 0) is 29.3 Å². The zero-order valence-electron chi connectivity index (χ0n) is 20.1. The van der Waals surface area contributed by atoms with E-state index in [2.05, 4.69) is 35.9 Å². The molecule has 0 aliphatic carbocycles. The molecule has 0 amide bonds. The van der Waals surface area contributed by atoms with Crippen LogP contribution in [0.5, 0.6) is 0 Å². The number of nitrogens with two attached hydrogens (primary N) is 1. The van der Waals surface area contributed by atoms with Gasteiger partial charge in [-0.1, -0.05) is 72.8 Å². The first-order chi connectivity index (χ1) is 18.7. The van der Waals surface area contributed by atoms with Crippen molar-refractivity contribution in [1.29, 1.82) is 5.41 Å². The molecular weight excluding hydrogens is 476 g/mol. The molecule has 6 rings (SSSR count). The lowest BCUT2D eigenvalue weighted by Gasteiger charge is -2.17. The van der Waals surface area contributed by atoms with Gasteiger partial charge in [0.05, 0.1) is 5.69 Å². The highest BCUT2D eigenvalue weighted by molar-refractivity contribution is 6.04. The molecule has 10 heteroatoms. The predicted molar refractivity (Wildman–Crippen MR) is 149 cm³/mol. The summed E-state index contributed by atoms with van der Waals surface area (Å²) < 4.78 is 1.51. The maximum atomic E-state index is 8.53. The molecule has 184 valence electrons. The van der Waals surface area contributed by atoms with Gasteiger partial charge < -0.3 is 16.4 Å². The monoisotopic (exact) mass is 498 g/mol. The van der Waals surface area contributed by atoms with E-state index in [0.717, 1.165) is 39.2 Å². The number of fused-ring (bicyclic) bond motifs is 1. The van der Waals surface area contributed by atoms with Crippen molar-refractivity contribution in [2.75, 3.05) is 16.4 Å². The smallest absolute Gasteiger partial charge is 0.254 e. The minimum absolute atomic E-state index is 0.0573. The molecule has 0 radical (unpaired) electrons. The van der Waals surface area contributed by atoms with Crippen molar-refractivity contribution >= 4 is 29.1 Å². The second kappa shape index (κ2) is 9.78. The summed E-state index contributed by atoms with van der Waals surface area (Å²) in [5, 5.41) is 27.3. The second-order valence-electron chi connectivity index (χ2n) is 8.41. The molecule has 6 aromatic rings. The van der Waals surface area contributed by atoms with E-state index in [1.807, 2.05) is 84.9 Å². The highest BCUT2D eigenvalue weighted by Gasteiger charge is 2.16. The van der Waals surface area contributed by atoms with Gasteiger partial charge in [-0.15, -0.1) is 10.2 Å². The molecule has 0 fully saturated rings. The minimum Gasteiger partial charge on any atom is -0.383 e. The van der Waals surface area contributed by atoms with Crippen LogP contribution >= 0.6 is 0 Å². The predicted octanol–water partition coefficient (Wildman–Crippen LogP) is 4.96. The van der Waals surface area contributed by atoms with E-state index in [1.165, 1.54) is 10.8 Å². The van der Waals surface area contributed by atoms with Gasteiger partial charge in [0.15, 0.2) is 11.8 Å². The van der Waals surface area contributed by atoms with Crippen molar-refractivity contribution in [2.24, 2.45) is 0 Å². The minimum atomic E-state index is 0.0573. The number of nitrogens with zero attached hydrogens (tertiary/aromatic N) is 6. The van der Waals surface area contributed by atoms with Crippen LogP contribution in [0.2, 0.25) is 0 Å². The molecule has 0 aliphatic heterocycles. The number of benzene rings is 3. The number of anilines is 3. The quantitative estimate of drug-likeness (QED) is 0.193. The van der Waals surface area contributed by atoms with Gasteiger partial charge in [0.25, 0.3) is 5.78 Å². The van der Waals surface area contributed by atoms with E-state index in [9.17, 15) is 0 Å². The molecule has 0 spiro atoms. The van der Waals surface area contributed by atoms with Gasteiger partial charge in [0, 0.05) is 28.6 Å². The standard InChI is InChI=1S/C28H22N10/c29-26-22(16-31-28-32-17-33-38(26)28)20-11-5-4-10-19(20)21-12-6-7-13-24(21)34-27(30)35-25-15-14-23(36-37-25)18-8-2-1-3-9-18/h1-17H,29H2,(H3,30,34,35,37). The first kappa shape index (κ1) is 22.8. The summed E-state index contributed by atoms with van der Waals surface area (Å²) >= 11 is 0. The van der Waals surface area contributed by atoms with Crippen LogP contribution in [0.1, 0.15) is 0 Å². The molecule has 3 aromatic heterocycles. The largest absolute Gasteiger partial charge is 0.383 e. The summed E-state index contributed by atoms with van der Waals surface area (Å²) in [6.07, 6.45) is 3.13. The molecule has 5 N–H and O–H groups in total. The summed E-state index contributed by atoms with van der Waals surface area (Å²) in [6, 6.07) is 29.1. The summed E-state index contributed by atoms with van der Waals surface area (Å²) in [6.45, 7) is 0. The Bertz CT molecular complexity index is 1740. The Morgan fingerprint density at radius 3 is 2.18 bits per heavy atom. The maximum absolute atomic E-state index is 8.53. The highest BCUT2D eigenvalue weighted by Crippen LogP contribution is 2.37. The van der Waals surface area contributed by atoms with Crippen LogP contribution in [-0.2, 0) is 0 Å². The molecule has 0 unspecified atom stereocenters. The van der Waals surface area contributed by atoms with E-state index in [4.69, 9.17) is 11.1 Å². The van der Waals surface area contributed by atoms with Crippen molar-refractivity contribution in [3.63, 3.8) is 0 Å². The lowest BCUT2D eigenvalue weighted by Crippen LogP contribution is -2.21. The van der Waals surface area contributed by atoms with Crippen LogP contribution in [0.3, 0.4) is 0 Å². The molecule has 0 bridgehead atoms. The van der Waals surface area contributed by atoms with Gasteiger partial charge in [-0.3, -0.25) is 5.41 Å². The molecule has 3 heterocycles. The van der Waals surface area contributed by atoms with E-state index < -0.39 is 0 Å². The number of nitrogens with one attached hydrogen (secondary N) is 3. The summed E-state index contributed by atoms with van der Waals surface area (Å²) in [7, 11) is 0. The summed E-state index contributed by atoms with van der Waals surface area (Å²) in [5.41, 5.74) is 12.3. The summed E-state index contributed by atoms with van der Waals surface area (Å²) in [5.74, 6) is 1.39. The third kappa shape index (κ3) is 4.37. The average Bonchev–Trinajstić information content (AvgIpc) is 3.45. The Morgan fingerprint density at radius 2 is 1.42 bits per heavy atom. The van der Waals surface area contributed by atoms with Crippen molar-refractivity contribution in [3.05, 3.63) is 104 Å². The molecule has 38 heavy (non-hydrogen) atoms. The van der Waals surface area contributed by atoms with Gasteiger partial charge >= 0.3 is 0 Å². The Hall–Kier alpha value is -5.64. The topological polar surface area (TPSA) is 143 Å². The average molecular weight is 499 g/mol. The Morgan fingerprint density at radius 1 is 0.711 bits per heavy atom. The molecule has 0 saturated carbocycles. The van der Waals surface area contributed by atoms with E-state index in [0.29, 0.717) is 17.4 Å². The van der Waals surface area contributed by atoms with Crippen molar-refractivity contribution < 1.29 is 0 Å². The van der Waals surface area contributed by atoms with Gasteiger partial charge in [-0.25, -0.2) is 4.98 Å². The van der Waals surface area contributed by atoms with Crippen LogP contribution in [0.4, 0.5) is 17.3 Å². The number of guanidine groups is 1. The number of para-hydroxylation sites is 1. The first-order valence-electron chi connectivity index (χ1n) is 11.8. The van der Waals surface area contributed by atoms with Crippen molar-refractivity contribution in [3.8, 4) is 33.5 Å². The van der Waals surface area contributed by atoms with Crippen molar-refractivity contribution in [1.82, 2.24) is 29.8 Å². The Labute approximate surface area is 217 Å². The number of hydrogen-bond donors (Lipinski definition) is 4. The number of aromatic nitrogens is 6. The van der Waals surface area contributed by atoms with E-state index >= 15 is 0 Å². The Kier molecular flexibility index (Phi) is 5.87. The molecule has 10 nitrogen and oxygen atoms in total. The van der Waals surface area contributed by atoms with Crippen LogP contribution in [-0.4, -0.2) is 35.7 Å². The SMILES string of the molecule is N=C(Nc1ccc(-c2ccccc2)nn1)Nc1ccccc1-c1ccccc1-c1cnc2ncnn2c1N. The number of hydrogen-bond acceptors (Lipinski definition) is 7. The summed E-state index contributed by atoms with van der Waals surface area (Å²) in [4.78, 5) is 8.50. The van der Waals surface area contributed by atoms with Gasteiger partial charge in [0.1, 0.15) is 12.1 Å². The fourth-order valence-corrected chi connectivity index (χ4v) is 4.24. The fraction of sp³-hybridized carbons (Fsp3) is 0. The molecular formula is C28H22N10. The molecule has 0 atom stereocenters. The van der Waals surface area contributed by atoms with Gasteiger partial charge in [0.2, 0.25) is 0 Å². The molecule has 0 aliphatic rings. The molecule has 3 aromatic carbocycles. The van der Waals surface area contributed by atoms with E-state index in [-0.39, 0.29) is 5.96 Å². The van der Waals surface area contributed by atoms with Crippen molar-refractivity contribution in [2.45, 2.75) is 0 Å². The zero-order valence-corrected chi connectivity index (χ0v) is 20.1.